The molecular formula is C60H44N2Si. The summed E-state index contributed by atoms with van der Waals surface area (Å²) in [4.78, 5) is 2.42. The molecule has 298 valence electrons. The Morgan fingerprint density at radius 1 is 0.270 bits per heavy atom. The van der Waals surface area contributed by atoms with Gasteiger partial charge in [-0.2, -0.15) is 0 Å². The Labute approximate surface area is 370 Å². The minimum absolute atomic E-state index is 1.09. The summed E-state index contributed by atoms with van der Waals surface area (Å²) in [5.74, 6) is 0. The number of nitrogens with zero attached hydrogens (tertiary/aromatic N) is 2. The van der Waals surface area contributed by atoms with Crippen LogP contribution in [0.5, 0.6) is 0 Å². The zero-order valence-corrected chi connectivity index (χ0v) is 35.8. The van der Waals surface area contributed by atoms with Gasteiger partial charge in [0, 0.05) is 33.5 Å². The number of hydrogen-bond acceptors (Lipinski definition) is 1. The molecule has 11 rings (SSSR count). The van der Waals surface area contributed by atoms with E-state index in [0.717, 1.165) is 28.3 Å². The molecule has 0 bridgehead atoms. The van der Waals surface area contributed by atoms with Gasteiger partial charge in [0.05, 0.1) is 11.0 Å². The summed E-state index contributed by atoms with van der Waals surface area (Å²) < 4.78 is 2.39. The third kappa shape index (κ3) is 6.86. The molecule has 0 spiro atoms. The summed E-state index contributed by atoms with van der Waals surface area (Å²) in [6, 6.07) is 97.9. The molecule has 0 fully saturated rings. The molecule has 0 aliphatic heterocycles. The van der Waals surface area contributed by atoms with Gasteiger partial charge in [-0.15, -0.1) is 0 Å². The van der Waals surface area contributed by atoms with Crippen molar-refractivity contribution in [3.05, 3.63) is 267 Å². The minimum atomic E-state index is -2.79. The van der Waals surface area contributed by atoms with Crippen molar-refractivity contribution in [2.24, 2.45) is 0 Å². The maximum Gasteiger partial charge on any atom is 0.179 e. The van der Waals surface area contributed by atoms with Crippen LogP contribution in [0.25, 0.3) is 49.7 Å². The van der Waals surface area contributed by atoms with E-state index >= 15 is 0 Å². The Morgan fingerprint density at radius 2 is 0.683 bits per heavy atom. The van der Waals surface area contributed by atoms with E-state index < -0.39 is 8.07 Å². The van der Waals surface area contributed by atoms with Crippen LogP contribution in [0, 0.1) is 0 Å². The molecule has 11 aromatic rings. The fourth-order valence-corrected chi connectivity index (χ4v) is 14.5. The maximum absolute atomic E-state index is 2.79. The summed E-state index contributed by atoms with van der Waals surface area (Å²) in [5, 5.41) is 7.91. The summed E-state index contributed by atoms with van der Waals surface area (Å²) in [5.41, 5.74) is 11.6. The van der Waals surface area contributed by atoms with Crippen LogP contribution >= 0.6 is 0 Å². The number of anilines is 3. The van der Waals surface area contributed by atoms with Crippen molar-refractivity contribution < 1.29 is 0 Å². The smallest absolute Gasteiger partial charge is 0.179 e. The zero-order chi connectivity index (χ0) is 42.0. The van der Waals surface area contributed by atoms with E-state index in [1.807, 2.05) is 0 Å². The highest BCUT2D eigenvalue weighted by molar-refractivity contribution is 7.19. The quantitative estimate of drug-likeness (QED) is 0.0985. The van der Waals surface area contributed by atoms with Gasteiger partial charge < -0.3 is 9.47 Å². The molecule has 0 amide bonds. The molecule has 0 atom stereocenters. The molecule has 3 heteroatoms. The number of para-hydroxylation sites is 2. The molecule has 0 radical (unpaired) electrons. The average molecular weight is 821 g/mol. The second-order valence-electron chi connectivity index (χ2n) is 16.1. The second kappa shape index (κ2) is 16.5. The van der Waals surface area contributed by atoms with Crippen LogP contribution in [-0.4, -0.2) is 12.6 Å². The van der Waals surface area contributed by atoms with Crippen molar-refractivity contribution in [2.75, 3.05) is 4.90 Å². The van der Waals surface area contributed by atoms with E-state index in [1.165, 1.54) is 59.2 Å². The van der Waals surface area contributed by atoms with Gasteiger partial charge in [0.2, 0.25) is 0 Å². The highest BCUT2D eigenvalue weighted by atomic mass is 28.3. The fourth-order valence-electron chi connectivity index (χ4n) is 9.67. The monoisotopic (exact) mass is 820 g/mol. The van der Waals surface area contributed by atoms with Crippen molar-refractivity contribution in [3.8, 4) is 27.9 Å². The first-order chi connectivity index (χ1) is 31.3. The molecule has 2 nitrogen and oxygen atoms in total. The number of rotatable bonds is 10. The van der Waals surface area contributed by atoms with Gasteiger partial charge in [-0.25, -0.2) is 0 Å². The van der Waals surface area contributed by atoms with Crippen LogP contribution < -0.4 is 25.6 Å². The predicted octanol–water partition coefficient (Wildman–Crippen LogP) is 13.0. The SMILES string of the molecule is c1ccc(-c2cccc(N(c3ccc(-c4cccc(-n5c6ccccc6c6ccccc65)c4)cc3)c3cccc([Si](c4ccccc4)(c4ccccc4)c4ccccc4)c3)c2)cc1. The number of aromatic nitrogens is 1. The molecule has 63 heavy (non-hydrogen) atoms. The molecule has 0 saturated carbocycles. The Morgan fingerprint density at radius 3 is 1.25 bits per heavy atom. The van der Waals surface area contributed by atoms with Gasteiger partial charge in [-0.1, -0.05) is 206 Å². The van der Waals surface area contributed by atoms with Gasteiger partial charge in [0.15, 0.2) is 8.07 Å². The van der Waals surface area contributed by atoms with Crippen LogP contribution in [0.2, 0.25) is 0 Å². The molecule has 10 aromatic carbocycles. The lowest BCUT2D eigenvalue weighted by atomic mass is 10.0. The molecule has 0 unspecified atom stereocenters. The van der Waals surface area contributed by atoms with Crippen LogP contribution in [-0.2, 0) is 0 Å². The van der Waals surface area contributed by atoms with E-state index in [1.54, 1.807) is 0 Å². The second-order valence-corrected chi connectivity index (χ2v) is 19.9. The predicted molar refractivity (Wildman–Crippen MR) is 270 cm³/mol. The number of hydrogen-bond donors (Lipinski definition) is 0. The van der Waals surface area contributed by atoms with E-state index in [0.29, 0.717) is 0 Å². The Hall–Kier alpha value is -7.98. The van der Waals surface area contributed by atoms with Crippen molar-refractivity contribution in [2.45, 2.75) is 0 Å². The van der Waals surface area contributed by atoms with Crippen molar-refractivity contribution >= 4 is 67.7 Å². The minimum Gasteiger partial charge on any atom is -0.310 e. The molecule has 1 heterocycles. The van der Waals surface area contributed by atoms with Gasteiger partial charge in [0.25, 0.3) is 0 Å². The van der Waals surface area contributed by atoms with Gasteiger partial charge in [-0.05, 0) is 104 Å². The molecule has 1 aromatic heterocycles. The molecule has 0 aliphatic rings. The third-order valence-electron chi connectivity index (χ3n) is 12.5. The normalized spacial score (nSPS) is 11.5. The first kappa shape index (κ1) is 38.0. The van der Waals surface area contributed by atoms with Gasteiger partial charge >= 0.3 is 0 Å². The van der Waals surface area contributed by atoms with Crippen LogP contribution in [0.1, 0.15) is 0 Å². The first-order valence-corrected chi connectivity index (χ1v) is 23.7. The highest BCUT2D eigenvalue weighted by Gasteiger charge is 2.41. The Bertz CT molecular complexity index is 3170. The topological polar surface area (TPSA) is 8.17 Å². The zero-order valence-electron chi connectivity index (χ0n) is 34.8. The lowest BCUT2D eigenvalue weighted by molar-refractivity contribution is 1.18. The maximum atomic E-state index is 2.46. The van der Waals surface area contributed by atoms with Crippen LogP contribution in [0.3, 0.4) is 0 Å². The van der Waals surface area contributed by atoms with Crippen LogP contribution in [0.4, 0.5) is 17.1 Å². The van der Waals surface area contributed by atoms with E-state index in [4.69, 9.17) is 0 Å². The van der Waals surface area contributed by atoms with Crippen LogP contribution in [0.15, 0.2) is 267 Å². The van der Waals surface area contributed by atoms with Crippen molar-refractivity contribution in [1.29, 1.82) is 0 Å². The summed E-state index contributed by atoms with van der Waals surface area (Å²) >= 11 is 0. The number of benzene rings is 10. The summed E-state index contributed by atoms with van der Waals surface area (Å²) in [7, 11) is -2.79. The summed E-state index contributed by atoms with van der Waals surface area (Å²) in [6.07, 6.45) is 0. The highest BCUT2D eigenvalue weighted by Crippen LogP contribution is 2.38. The lowest BCUT2D eigenvalue weighted by Crippen LogP contribution is -2.74. The molecular weight excluding hydrogens is 777 g/mol. The van der Waals surface area contributed by atoms with Crippen molar-refractivity contribution in [1.82, 2.24) is 4.57 Å². The molecule has 0 N–H and O–H groups in total. The Kier molecular flexibility index (Phi) is 9.93. The van der Waals surface area contributed by atoms with Gasteiger partial charge in [0.1, 0.15) is 0 Å². The Balaban J connectivity index is 1.06. The van der Waals surface area contributed by atoms with E-state index in [2.05, 4.69) is 276 Å². The van der Waals surface area contributed by atoms with E-state index in [-0.39, 0.29) is 0 Å². The lowest BCUT2D eigenvalue weighted by Gasteiger charge is -2.35. The average Bonchev–Trinajstić information content (AvgIpc) is 3.71. The standard InChI is InChI=1S/C60H44N2Si/c1-5-20-45(21-6-1)47-22-17-24-50(42-47)61(52-26-19-33-56(44-52)63(53-27-7-2-8-28-53,54-29-9-3-10-30-54)55-31-11-4-12-32-55)49-40-38-46(39-41-49)48-23-18-25-51(43-48)62-59-36-15-13-34-57(59)58-35-14-16-37-60(58)62/h1-44H. The number of fused-ring (bicyclic) bond motifs is 3. The van der Waals surface area contributed by atoms with E-state index in [9.17, 15) is 0 Å². The first-order valence-electron chi connectivity index (χ1n) is 21.7. The third-order valence-corrected chi connectivity index (χ3v) is 17.3. The molecule has 0 saturated heterocycles. The van der Waals surface area contributed by atoms with Gasteiger partial charge in [-0.3, -0.25) is 0 Å². The fraction of sp³-hybridized carbons (Fsp3) is 0. The summed E-state index contributed by atoms with van der Waals surface area (Å²) in [6.45, 7) is 0. The molecule has 0 aliphatic carbocycles. The van der Waals surface area contributed by atoms with Crippen molar-refractivity contribution in [3.63, 3.8) is 0 Å². The largest absolute Gasteiger partial charge is 0.310 e.